The summed E-state index contributed by atoms with van der Waals surface area (Å²) >= 11 is 0. The van der Waals surface area contributed by atoms with Crippen LogP contribution in [0.2, 0.25) is 0 Å². The van der Waals surface area contributed by atoms with Gasteiger partial charge in [-0.3, -0.25) is 23.7 Å². The van der Waals surface area contributed by atoms with Crippen molar-refractivity contribution in [1.29, 1.82) is 0 Å². The summed E-state index contributed by atoms with van der Waals surface area (Å²) in [5, 5.41) is 2.74. The van der Waals surface area contributed by atoms with E-state index in [0.717, 1.165) is 0 Å². The molecule has 164 valence electrons. The van der Waals surface area contributed by atoms with Gasteiger partial charge in [0.05, 0.1) is 27.0 Å². The van der Waals surface area contributed by atoms with Crippen molar-refractivity contribution in [3.05, 3.63) is 88.5 Å². The molecule has 0 unspecified atom stereocenters. The molecule has 0 aliphatic carbocycles. The fraction of sp³-hybridized carbons (Fsp3) is 0.0435. The Morgan fingerprint density at radius 1 is 0.939 bits per heavy atom. The van der Waals surface area contributed by atoms with Crippen LogP contribution in [0, 0.1) is 0 Å². The van der Waals surface area contributed by atoms with Gasteiger partial charge in [0.15, 0.2) is 5.82 Å². The van der Waals surface area contributed by atoms with E-state index in [2.05, 4.69) is 15.0 Å². The minimum atomic E-state index is -3.96. The Labute approximate surface area is 187 Å². The number of benzene rings is 3. The van der Waals surface area contributed by atoms with Crippen molar-refractivity contribution in [2.75, 3.05) is 10.0 Å². The Kier molecular flexibility index (Phi) is 4.61. The van der Waals surface area contributed by atoms with Gasteiger partial charge in [-0.15, -0.1) is 0 Å². The normalized spacial score (nSPS) is 12.3. The first-order chi connectivity index (χ1) is 15.7. The molecule has 1 aromatic heterocycles. The lowest BCUT2D eigenvalue weighted by Crippen LogP contribution is -2.22. The van der Waals surface area contributed by atoms with E-state index in [0.29, 0.717) is 16.9 Å². The Balaban J connectivity index is 1.53. The van der Waals surface area contributed by atoms with Crippen molar-refractivity contribution in [3.63, 3.8) is 0 Å². The van der Waals surface area contributed by atoms with E-state index in [9.17, 15) is 22.8 Å². The molecule has 1 amide bonds. The summed E-state index contributed by atoms with van der Waals surface area (Å²) in [5.41, 5.74) is 1.30. The van der Waals surface area contributed by atoms with Crippen LogP contribution in [0.5, 0.6) is 0 Å². The molecule has 0 radical (unpaired) electrons. The lowest BCUT2D eigenvalue weighted by Gasteiger charge is -2.11. The Hall–Kier alpha value is -4.31. The SMILES string of the molecule is CC(=O)Nc1ccc(S(=O)(=O)Nc2ccc3nc4n(c(=O)c3c2)-c2ccccc2C4=O)cc1. The monoisotopic (exact) mass is 460 g/mol. The molecule has 0 bridgehead atoms. The number of fused-ring (bicyclic) bond motifs is 4. The minimum Gasteiger partial charge on any atom is -0.326 e. The predicted octanol–water partition coefficient (Wildman–Crippen LogP) is 2.69. The lowest BCUT2D eigenvalue weighted by molar-refractivity contribution is -0.114. The molecule has 5 rings (SSSR count). The highest BCUT2D eigenvalue weighted by Crippen LogP contribution is 2.27. The van der Waals surface area contributed by atoms with Crippen molar-refractivity contribution >= 4 is 44.0 Å². The van der Waals surface area contributed by atoms with E-state index in [1.165, 1.54) is 54.0 Å². The van der Waals surface area contributed by atoms with Crippen LogP contribution in [0.3, 0.4) is 0 Å². The summed E-state index contributed by atoms with van der Waals surface area (Å²) in [6.07, 6.45) is 0. The second-order valence-electron chi connectivity index (χ2n) is 7.47. The second kappa shape index (κ2) is 7.38. The molecule has 33 heavy (non-hydrogen) atoms. The van der Waals surface area contributed by atoms with Gasteiger partial charge in [-0.2, -0.15) is 0 Å². The van der Waals surface area contributed by atoms with Crippen molar-refractivity contribution < 1.29 is 18.0 Å². The third-order valence-electron chi connectivity index (χ3n) is 5.20. The summed E-state index contributed by atoms with van der Waals surface area (Å²) in [6.45, 7) is 1.35. The van der Waals surface area contributed by atoms with Gasteiger partial charge in [0.1, 0.15) is 0 Å². The van der Waals surface area contributed by atoms with E-state index < -0.39 is 15.6 Å². The summed E-state index contributed by atoms with van der Waals surface area (Å²) < 4.78 is 29.3. The summed E-state index contributed by atoms with van der Waals surface area (Å²) in [4.78, 5) is 41.3. The summed E-state index contributed by atoms with van der Waals surface area (Å²) in [6, 6.07) is 16.8. The van der Waals surface area contributed by atoms with E-state index in [1.807, 2.05) is 0 Å². The number of carbonyl (C=O) groups is 2. The molecule has 9 nitrogen and oxygen atoms in total. The number of sulfonamides is 1. The number of anilines is 2. The first kappa shape index (κ1) is 20.6. The van der Waals surface area contributed by atoms with Crippen LogP contribution < -0.4 is 15.6 Å². The van der Waals surface area contributed by atoms with Crippen molar-refractivity contribution in [3.8, 4) is 5.69 Å². The van der Waals surface area contributed by atoms with Crippen molar-refractivity contribution in [2.45, 2.75) is 11.8 Å². The van der Waals surface area contributed by atoms with Gasteiger partial charge in [-0.25, -0.2) is 13.4 Å². The number of hydrogen-bond acceptors (Lipinski definition) is 6. The Bertz CT molecular complexity index is 1640. The third kappa shape index (κ3) is 3.46. The third-order valence-corrected chi connectivity index (χ3v) is 6.60. The number of hydrogen-bond donors (Lipinski definition) is 2. The van der Waals surface area contributed by atoms with Crippen molar-refractivity contribution in [1.82, 2.24) is 9.55 Å². The number of amides is 1. The first-order valence-corrected chi connectivity index (χ1v) is 11.3. The van der Waals surface area contributed by atoms with E-state index in [4.69, 9.17) is 0 Å². The van der Waals surface area contributed by atoms with Gasteiger partial charge in [-0.1, -0.05) is 12.1 Å². The number of aromatic nitrogens is 2. The number of para-hydroxylation sites is 1. The highest BCUT2D eigenvalue weighted by molar-refractivity contribution is 7.92. The molecule has 1 aliphatic rings. The smallest absolute Gasteiger partial charge is 0.266 e. The van der Waals surface area contributed by atoms with Gasteiger partial charge in [0.2, 0.25) is 11.7 Å². The molecular weight excluding hydrogens is 444 g/mol. The first-order valence-electron chi connectivity index (χ1n) is 9.86. The van der Waals surface area contributed by atoms with Crippen LogP contribution in [0.15, 0.2) is 76.4 Å². The largest absolute Gasteiger partial charge is 0.326 e. The number of nitrogens with zero attached hydrogens (tertiary/aromatic N) is 2. The molecule has 4 aromatic rings. The number of rotatable bonds is 4. The Morgan fingerprint density at radius 3 is 2.36 bits per heavy atom. The minimum absolute atomic E-state index is 0.0139. The van der Waals surface area contributed by atoms with Gasteiger partial charge < -0.3 is 5.32 Å². The van der Waals surface area contributed by atoms with Crippen LogP contribution in [-0.2, 0) is 14.8 Å². The maximum atomic E-state index is 13.2. The van der Waals surface area contributed by atoms with Gasteiger partial charge in [0.25, 0.3) is 15.6 Å². The highest BCUT2D eigenvalue weighted by atomic mass is 32.2. The van der Waals surface area contributed by atoms with E-state index in [1.54, 1.807) is 24.3 Å². The summed E-state index contributed by atoms with van der Waals surface area (Å²) in [5.74, 6) is -0.575. The molecule has 0 saturated carbocycles. The van der Waals surface area contributed by atoms with Gasteiger partial charge >= 0.3 is 0 Å². The van der Waals surface area contributed by atoms with Gasteiger partial charge in [-0.05, 0) is 54.6 Å². The Morgan fingerprint density at radius 2 is 1.64 bits per heavy atom. The zero-order chi connectivity index (χ0) is 23.3. The number of ketones is 1. The zero-order valence-electron chi connectivity index (χ0n) is 17.2. The standard InChI is InChI=1S/C23H16N4O5S/c1-13(28)24-14-6-9-16(10-7-14)33(31,32)26-15-8-11-19-18(12-15)23(30)27-20-5-3-2-4-17(20)21(29)22(27)25-19/h2-12,26H,1H3,(H,24,28). The fourth-order valence-electron chi connectivity index (χ4n) is 3.74. The second-order valence-corrected chi connectivity index (χ2v) is 9.15. The topological polar surface area (TPSA) is 127 Å². The van der Waals surface area contributed by atoms with Crippen LogP contribution in [-0.4, -0.2) is 29.7 Å². The molecule has 0 spiro atoms. The zero-order valence-corrected chi connectivity index (χ0v) is 18.0. The van der Waals surface area contributed by atoms with E-state index >= 15 is 0 Å². The van der Waals surface area contributed by atoms with Crippen LogP contribution >= 0.6 is 0 Å². The molecule has 0 atom stereocenters. The molecule has 2 heterocycles. The van der Waals surface area contributed by atoms with Gasteiger partial charge in [0, 0.05) is 18.3 Å². The number of nitrogens with one attached hydrogen (secondary N) is 2. The number of carbonyl (C=O) groups excluding carboxylic acids is 2. The highest BCUT2D eigenvalue weighted by Gasteiger charge is 2.30. The maximum absolute atomic E-state index is 13.2. The predicted molar refractivity (Wildman–Crippen MR) is 122 cm³/mol. The van der Waals surface area contributed by atoms with Crippen molar-refractivity contribution in [2.24, 2.45) is 0 Å². The van der Waals surface area contributed by atoms with Crippen LogP contribution in [0.1, 0.15) is 23.1 Å². The van der Waals surface area contributed by atoms with E-state index in [-0.39, 0.29) is 39.0 Å². The molecule has 10 heteroatoms. The van der Waals surface area contributed by atoms with Crippen LogP contribution in [0.4, 0.5) is 11.4 Å². The molecule has 0 fully saturated rings. The average molecular weight is 460 g/mol. The quantitative estimate of drug-likeness (QED) is 0.425. The molecule has 3 aromatic carbocycles. The maximum Gasteiger partial charge on any atom is 0.266 e. The molecule has 1 aliphatic heterocycles. The molecule has 2 N–H and O–H groups in total. The lowest BCUT2D eigenvalue weighted by atomic mass is 10.1. The summed E-state index contributed by atoms with van der Waals surface area (Å²) in [7, 11) is -3.96. The average Bonchev–Trinajstić information content (AvgIpc) is 3.06. The fourth-order valence-corrected chi connectivity index (χ4v) is 4.79. The molecular formula is C23H16N4O5S. The van der Waals surface area contributed by atoms with Crippen LogP contribution in [0.25, 0.3) is 16.6 Å². The molecule has 0 saturated heterocycles.